The molecule has 0 saturated carbocycles. The first kappa shape index (κ1) is 11.7. The number of aromatic nitrogens is 1. The molecule has 2 atom stereocenters. The summed E-state index contributed by atoms with van der Waals surface area (Å²) in [6, 6.07) is 7.66. The molecule has 18 heavy (non-hydrogen) atoms. The van der Waals surface area contributed by atoms with E-state index in [1.807, 2.05) is 24.3 Å². The van der Waals surface area contributed by atoms with Crippen LogP contribution < -0.4 is 0 Å². The summed E-state index contributed by atoms with van der Waals surface area (Å²) in [5.41, 5.74) is 1.62. The van der Waals surface area contributed by atoms with Gasteiger partial charge in [0.1, 0.15) is 5.52 Å². The summed E-state index contributed by atoms with van der Waals surface area (Å²) in [7, 11) is 0. The molecule has 1 fully saturated rings. The topological polar surface area (TPSA) is 55.5 Å². The van der Waals surface area contributed by atoms with E-state index in [0.717, 1.165) is 30.5 Å². The monoisotopic (exact) mass is 247 g/mol. The number of aliphatic hydroxyl groups is 1. The zero-order chi connectivity index (χ0) is 12.4. The van der Waals surface area contributed by atoms with Gasteiger partial charge in [0, 0.05) is 12.5 Å². The Hall–Kier alpha value is -1.39. The van der Waals surface area contributed by atoms with E-state index in [1.54, 1.807) is 0 Å². The lowest BCUT2D eigenvalue weighted by atomic mass is 9.94. The summed E-state index contributed by atoms with van der Waals surface area (Å²) >= 11 is 0. The quantitative estimate of drug-likeness (QED) is 0.903. The second-order valence-electron chi connectivity index (χ2n) is 4.82. The molecule has 3 rings (SSSR count). The highest BCUT2D eigenvalue weighted by Crippen LogP contribution is 2.22. The van der Waals surface area contributed by atoms with Crippen LogP contribution in [0.5, 0.6) is 0 Å². The fourth-order valence-electron chi connectivity index (χ4n) is 2.42. The molecule has 1 aliphatic heterocycles. The first-order valence-electron chi connectivity index (χ1n) is 6.43. The van der Waals surface area contributed by atoms with E-state index in [4.69, 9.17) is 9.15 Å². The lowest BCUT2D eigenvalue weighted by molar-refractivity contribution is -0.0104. The molecule has 1 aromatic heterocycles. The molecule has 1 aliphatic rings. The smallest absolute Gasteiger partial charge is 0.198 e. The fraction of sp³-hybridized carbons (Fsp3) is 0.500. The molecule has 1 aromatic carbocycles. The lowest BCUT2D eigenvalue weighted by Gasteiger charge is -2.25. The molecule has 0 aliphatic carbocycles. The van der Waals surface area contributed by atoms with Gasteiger partial charge in [-0.15, -0.1) is 0 Å². The number of oxazole rings is 1. The number of benzene rings is 1. The summed E-state index contributed by atoms with van der Waals surface area (Å²) in [5, 5.41) is 10.2. The summed E-state index contributed by atoms with van der Waals surface area (Å²) < 4.78 is 11.0. The fourth-order valence-corrected chi connectivity index (χ4v) is 2.42. The Bertz CT molecular complexity index is 483. The second kappa shape index (κ2) is 5.08. The lowest BCUT2D eigenvalue weighted by Crippen LogP contribution is -2.30. The van der Waals surface area contributed by atoms with Gasteiger partial charge in [-0.1, -0.05) is 12.1 Å². The van der Waals surface area contributed by atoms with Gasteiger partial charge in [0.2, 0.25) is 0 Å². The Kier molecular flexibility index (Phi) is 3.30. The van der Waals surface area contributed by atoms with Crippen molar-refractivity contribution in [2.45, 2.75) is 25.4 Å². The molecule has 0 spiro atoms. The summed E-state index contributed by atoms with van der Waals surface area (Å²) in [6.07, 6.45) is 2.07. The molecule has 1 saturated heterocycles. The number of ether oxygens (including phenoxy) is 1. The van der Waals surface area contributed by atoms with Gasteiger partial charge < -0.3 is 14.3 Å². The van der Waals surface area contributed by atoms with Gasteiger partial charge in [0.05, 0.1) is 19.1 Å². The largest absolute Gasteiger partial charge is 0.441 e. The predicted molar refractivity (Wildman–Crippen MR) is 67.3 cm³/mol. The van der Waals surface area contributed by atoms with E-state index in [9.17, 15) is 5.11 Å². The number of hydrogen-bond acceptors (Lipinski definition) is 4. The van der Waals surface area contributed by atoms with Gasteiger partial charge in [-0.2, -0.15) is 0 Å². The molecule has 2 aromatic rings. The van der Waals surface area contributed by atoms with Gasteiger partial charge in [-0.3, -0.25) is 0 Å². The molecule has 4 nitrogen and oxygen atoms in total. The normalized spacial score (nSPS) is 22.2. The van der Waals surface area contributed by atoms with Gasteiger partial charge in [-0.25, -0.2) is 4.98 Å². The Labute approximate surface area is 106 Å². The summed E-state index contributed by atoms with van der Waals surface area (Å²) in [5.74, 6) is 0.808. The van der Waals surface area contributed by atoms with Crippen LogP contribution in [0.2, 0.25) is 0 Å². The van der Waals surface area contributed by atoms with Gasteiger partial charge >= 0.3 is 0 Å². The maximum Gasteiger partial charge on any atom is 0.198 e. The number of rotatable bonds is 3. The third-order valence-corrected chi connectivity index (χ3v) is 3.46. The van der Waals surface area contributed by atoms with Crippen LogP contribution in [0, 0.1) is 5.92 Å². The highest BCUT2D eigenvalue weighted by atomic mass is 16.5. The molecule has 1 N–H and O–H groups in total. The van der Waals surface area contributed by atoms with Crippen molar-refractivity contribution in [3.05, 3.63) is 30.2 Å². The molecule has 0 amide bonds. The van der Waals surface area contributed by atoms with Crippen molar-refractivity contribution < 1.29 is 14.3 Å². The van der Waals surface area contributed by atoms with E-state index < -0.39 is 6.10 Å². The van der Waals surface area contributed by atoms with E-state index in [1.165, 1.54) is 0 Å². The van der Waals surface area contributed by atoms with Gasteiger partial charge in [0.25, 0.3) is 0 Å². The second-order valence-corrected chi connectivity index (χ2v) is 4.82. The van der Waals surface area contributed by atoms with E-state index in [2.05, 4.69) is 4.98 Å². The Morgan fingerprint density at radius 3 is 3.06 bits per heavy atom. The first-order valence-corrected chi connectivity index (χ1v) is 6.43. The Balaban J connectivity index is 1.71. The highest BCUT2D eigenvalue weighted by Gasteiger charge is 2.24. The van der Waals surface area contributed by atoms with Crippen molar-refractivity contribution in [1.82, 2.24) is 4.98 Å². The minimum atomic E-state index is -0.432. The van der Waals surface area contributed by atoms with Crippen LogP contribution in [-0.4, -0.2) is 29.4 Å². The SMILES string of the molecule is OC(Cc1nc2ccccc2o1)C1CCCOC1. The van der Waals surface area contributed by atoms with E-state index in [-0.39, 0.29) is 5.92 Å². The van der Waals surface area contributed by atoms with Crippen LogP contribution in [0.3, 0.4) is 0 Å². The maximum atomic E-state index is 10.2. The molecule has 96 valence electrons. The van der Waals surface area contributed by atoms with Gasteiger partial charge in [-0.05, 0) is 25.0 Å². The average Bonchev–Trinajstić information content (AvgIpc) is 2.82. The van der Waals surface area contributed by atoms with Crippen molar-refractivity contribution >= 4 is 11.1 Å². The standard InChI is InChI=1S/C14H17NO3/c16-12(10-4-3-7-17-9-10)8-14-15-11-5-1-2-6-13(11)18-14/h1-2,5-6,10,12,16H,3-4,7-9H2. The zero-order valence-corrected chi connectivity index (χ0v) is 10.2. The van der Waals surface area contributed by atoms with Crippen LogP contribution >= 0.6 is 0 Å². The van der Waals surface area contributed by atoms with Crippen molar-refractivity contribution in [3.63, 3.8) is 0 Å². The number of aliphatic hydroxyl groups excluding tert-OH is 1. The summed E-state index contributed by atoms with van der Waals surface area (Å²) in [6.45, 7) is 1.45. The molecule has 0 bridgehead atoms. The number of fused-ring (bicyclic) bond motifs is 1. The molecule has 2 unspecified atom stereocenters. The Morgan fingerprint density at radius 2 is 2.28 bits per heavy atom. The molecular formula is C14H17NO3. The summed E-state index contributed by atoms with van der Waals surface area (Å²) in [4.78, 5) is 4.38. The highest BCUT2D eigenvalue weighted by molar-refractivity contribution is 5.72. The average molecular weight is 247 g/mol. The van der Waals surface area contributed by atoms with Crippen LogP contribution in [0.15, 0.2) is 28.7 Å². The Morgan fingerprint density at radius 1 is 1.39 bits per heavy atom. The van der Waals surface area contributed by atoms with Crippen molar-refractivity contribution in [2.75, 3.05) is 13.2 Å². The van der Waals surface area contributed by atoms with E-state index in [0.29, 0.717) is 18.9 Å². The van der Waals surface area contributed by atoms with Crippen LogP contribution in [-0.2, 0) is 11.2 Å². The maximum absolute atomic E-state index is 10.2. The minimum Gasteiger partial charge on any atom is -0.441 e. The minimum absolute atomic E-state index is 0.203. The molecular weight excluding hydrogens is 230 g/mol. The van der Waals surface area contributed by atoms with Crippen molar-refractivity contribution in [1.29, 1.82) is 0 Å². The predicted octanol–water partition coefficient (Wildman–Crippen LogP) is 2.16. The van der Waals surface area contributed by atoms with Crippen LogP contribution in [0.1, 0.15) is 18.7 Å². The third-order valence-electron chi connectivity index (χ3n) is 3.46. The van der Waals surface area contributed by atoms with Crippen molar-refractivity contribution in [3.8, 4) is 0 Å². The number of hydrogen-bond donors (Lipinski definition) is 1. The third kappa shape index (κ3) is 2.40. The van der Waals surface area contributed by atoms with Crippen molar-refractivity contribution in [2.24, 2.45) is 5.92 Å². The molecule has 0 radical (unpaired) electrons. The van der Waals surface area contributed by atoms with Crippen LogP contribution in [0.4, 0.5) is 0 Å². The molecule has 2 heterocycles. The van der Waals surface area contributed by atoms with E-state index >= 15 is 0 Å². The first-order chi connectivity index (χ1) is 8.83. The van der Waals surface area contributed by atoms with Gasteiger partial charge in [0.15, 0.2) is 11.5 Å². The molecule has 4 heteroatoms. The zero-order valence-electron chi connectivity index (χ0n) is 10.2. The van der Waals surface area contributed by atoms with Crippen LogP contribution in [0.25, 0.3) is 11.1 Å². The number of para-hydroxylation sites is 2. The number of nitrogens with zero attached hydrogens (tertiary/aromatic N) is 1.